The molecule has 0 aromatic heterocycles. The van der Waals surface area contributed by atoms with Crippen molar-refractivity contribution in [3.8, 4) is 0 Å². The van der Waals surface area contributed by atoms with Crippen molar-refractivity contribution in [1.29, 1.82) is 0 Å². The van der Waals surface area contributed by atoms with Gasteiger partial charge in [-0.05, 0) is 19.2 Å². The Morgan fingerprint density at radius 3 is 2.88 bits per heavy atom. The van der Waals surface area contributed by atoms with Gasteiger partial charge in [0.05, 0.1) is 12.5 Å². The number of hydrogen-bond acceptors (Lipinski definition) is 3. The van der Waals surface area contributed by atoms with Crippen LogP contribution in [-0.2, 0) is 9.53 Å². The maximum absolute atomic E-state index is 11.7. The molecule has 16 heavy (non-hydrogen) atoms. The third-order valence-corrected chi connectivity index (χ3v) is 2.61. The van der Waals surface area contributed by atoms with Crippen LogP contribution < -0.4 is 5.32 Å². The average molecular weight is 221 g/mol. The van der Waals surface area contributed by atoms with Crippen molar-refractivity contribution in [2.24, 2.45) is 11.3 Å². The van der Waals surface area contributed by atoms with Gasteiger partial charge in [-0.2, -0.15) is 0 Å². The highest BCUT2D eigenvalue weighted by atomic mass is 16.5. The second-order valence-corrected chi connectivity index (χ2v) is 4.36. The van der Waals surface area contributed by atoms with Crippen molar-refractivity contribution < 1.29 is 9.53 Å². The summed E-state index contributed by atoms with van der Waals surface area (Å²) in [7, 11) is 0. The molecule has 1 rings (SSSR count). The van der Waals surface area contributed by atoms with E-state index >= 15 is 0 Å². The summed E-state index contributed by atoms with van der Waals surface area (Å²) in [5.41, 5.74) is 0.715. The second kappa shape index (κ2) is 5.01. The molecule has 0 spiro atoms. The molecule has 1 unspecified atom stereocenters. The van der Waals surface area contributed by atoms with E-state index in [1.54, 1.807) is 6.20 Å². The van der Waals surface area contributed by atoms with Gasteiger partial charge in [0.15, 0.2) is 0 Å². The molecular formula is C13H19NO2. The Labute approximate surface area is 96.9 Å². The molecule has 1 aliphatic rings. The molecule has 88 valence electrons. The molecule has 0 bridgehead atoms. The van der Waals surface area contributed by atoms with Crippen molar-refractivity contribution in [2.45, 2.75) is 20.8 Å². The van der Waals surface area contributed by atoms with Crippen LogP contribution in [0.1, 0.15) is 20.8 Å². The Bertz CT molecular complexity index is 340. The normalized spacial score (nSPS) is 22.2. The molecule has 0 saturated heterocycles. The molecule has 3 heteroatoms. The minimum Gasteiger partial charge on any atom is -0.466 e. The molecule has 0 heterocycles. The van der Waals surface area contributed by atoms with Gasteiger partial charge in [0.2, 0.25) is 0 Å². The first kappa shape index (κ1) is 12.6. The topological polar surface area (TPSA) is 38.3 Å². The summed E-state index contributed by atoms with van der Waals surface area (Å²) in [5.74, 6) is -0.388. The summed E-state index contributed by atoms with van der Waals surface area (Å²) in [5, 5.41) is 3.02. The smallest absolute Gasteiger partial charge is 0.313 e. The van der Waals surface area contributed by atoms with E-state index in [0.717, 1.165) is 5.70 Å². The van der Waals surface area contributed by atoms with E-state index in [1.165, 1.54) is 0 Å². The fourth-order valence-corrected chi connectivity index (χ4v) is 1.81. The summed E-state index contributed by atoms with van der Waals surface area (Å²) >= 11 is 0. The number of esters is 1. The number of carbonyl (C=O) groups is 1. The Morgan fingerprint density at radius 1 is 1.69 bits per heavy atom. The molecule has 1 atom stereocenters. The lowest BCUT2D eigenvalue weighted by Gasteiger charge is -2.31. The molecule has 0 aliphatic heterocycles. The van der Waals surface area contributed by atoms with Crippen LogP contribution in [0.25, 0.3) is 0 Å². The predicted molar refractivity (Wildman–Crippen MR) is 64.5 cm³/mol. The van der Waals surface area contributed by atoms with Crippen LogP contribution in [0.5, 0.6) is 0 Å². The molecule has 0 amide bonds. The predicted octanol–water partition coefficient (Wildman–Crippen LogP) is 2.38. The van der Waals surface area contributed by atoms with Crippen molar-refractivity contribution in [2.75, 3.05) is 6.61 Å². The molecule has 1 N–H and O–H groups in total. The maximum Gasteiger partial charge on any atom is 0.313 e. The van der Waals surface area contributed by atoms with Crippen molar-refractivity contribution in [3.63, 3.8) is 0 Å². The minimum absolute atomic E-state index is 0.169. The summed E-state index contributed by atoms with van der Waals surface area (Å²) in [6, 6.07) is 0. The fraction of sp³-hybridized carbons (Fsp3) is 0.462. The van der Waals surface area contributed by atoms with Crippen molar-refractivity contribution in [1.82, 2.24) is 5.32 Å². The van der Waals surface area contributed by atoms with Crippen LogP contribution in [0.2, 0.25) is 0 Å². The van der Waals surface area contributed by atoms with E-state index in [2.05, 4.69) is 11.9 Å². The van der Waals surface area contributed by atoms with Gasteiger partial charge in [0, 0.05) is 11.1 Å². The van der Waals surface area contributed by atoms with Crippen LogP contribution in [0.15, 0.2) is 36.7 Å². The third-order valence-electron chi connectivity index (χ3n) is 2.61. The van der Waals surface area contributed by atoms with Gasteiger partial charge >= 0.3 is 5.97 Å². The van der Waals surface area contributed by atoms with E-state index in [0.29, 0.717) is 6.61 Å². The zero-order chi connectivity index (χ0) is 12.2. The standard InChI is InChI=1S/C13H19NO2/c1-5-14-10-7-8-11(12(15)16-6-2)13(3,4)9-10/h5,7-9,11,14H,1,6H2,2-4H3. The largest absolute Gasteiger partial charge is 0.466 e. The van der Waals surface area contributed by atoms with Gasteiger partial charge < -0.3 is 10.1 Å². The average Bonchev–Trinajstić information content (AvgIpc) is 2.17. The van der Waals surface area contributed by atoms with Gasteiger partial charge in [0.25, 0.3) is 0 Å². The van der Waals surface area contributed by atoms with E-state index in [1.807, 2.05) is 39.0 Å². The Hall–Kier alpha value is -1.51. The SMILES string of the molecule is C=CNC1=CC(C)(C)C(C(=O)OCC)C=C1. The highest BCUT2D eigenvalue weighted by molar-refractivity contribution is 5.76. The second-order valence-electron chi connectivity index (χ2n) is 4.36. The number of rotatable bonds is 4. The monoisotopic (exact) mass is 221 g/mol. The summed E-state index contributed by atoms with van der Waals surface area (Å²) in [6.45, 7) is 9.88. The van der Waals surface area contributed by atoms with Crippen LogP contribution in [0.4, 0.5) is 0 Å². The van der Waals surface area contributed by atoms with Crippen LogP contribution in [-0.4, -0.2) is 12.6 Å². The highest BCUT2D eigenvalue weighted by Crippen LogP contribution is 2.35. The van der Waals surface area contributed by atoms with Crippen LogP contribution in [0, 0.1) is 11.3 Å². The Balaban J connectivity index is 2.83. The van der Waals surface area contributed by atoms with Gasteiger partial charge in [-0.15, -0.1) is 0 Å². The van der Waals surface area contributed by atoms with Crippen molar-refractivity contribution >= 4 is 5.97 Å². The number of ether oxygens (including phenoxy) is 1. The van der Waals surface area contributed by atoms with E-state index in [-0.39, 0.29) is 17.3 Å². The number of nitrogens with one attached hydrogen (secondary N) is 1. The first-order valence-corrected chi connectivity index (χ1v) is 5.46. The molecule has 0 fully saturated rings. The first-order valence-electron chi connectivity index (χ1n) is 5.46. The van der Waals surface area contributed by atoms with E-state index < -0.39 is 0 Å². The molecule has 0 radical (unpaired) electrons. The molecular weight excluding hydrogens is 202 g/mol. The zero-order valence-electron chi connectivity index (χ0n) is 10.1. The van der Waals surface area contributed by atoms with Crippen LogP contribution >= 0.6 is 0 Å². The molecule has 0 saturated carbocycles. The Morgan fingerprint density at radius 2 is 2.38 bits per heavy atom. The Kier molecular flexibility index (Phi) is 3.93. The molecule has 1 aliphatic carbocycles. The number of hydrogen-bond donors (Lipinski definition) is 1. The van der Waals surface area contributed by atoms with Gasteiger partial charge in [-0.3, -0.25) is 4.79 Å². The minimum atomic E-state index is -0.244. The van der Waals surface area contributed by atoms with Gasteiger partial charge in [0.1, 0.15) is 0 Å². The summed E-state index contributed by atoms with van der Waals surface area (Å²) in [6.07, 6.45) is 7.41. The van der Waals surface area contributed by atoms with Gasteiger partial charge in [-0.1, -0.05) is 32.6 Å². The quantitative estimate of drug-likeness (QED) is 0.741. The summed E-state index contributed by atoms with van der Waals surface area (Å²) in [4.78, 5) is 11.7. The highest BCUT2D eigenvalue weighted by Gasteiger charge is 2.34. The molecule has 0 aromatic rings. The van der Waals surface area contributed by atoms with Crippen molar-refractivity contribution in [3.05, 3.63) is 36.7 Å². The van der Waals surface area contributed by atoms with E-state index in [4.69, 9.17) is 4.74 Å². The first-order chi connectivity index (χ1) is 7.51. The maximum atomic E-state index is 11.7. The van der Waals surface area contributed by atoms with E-state index in [9.17, 15) is 4.79 Å². The fourth-order valence-electron chi connectivity index (χ4n) is 1.81. The zero-order valence-corrected chi connectivity index (χ0v) is 10.1. The lowest BCUT2D eigenvalue weighted by molar-refractivity contribution is -0.148. The van der Waals surface area contributed by atoms with Crippen LogP contribution in [0.3, 0.4) is 0 Å². The lowest BCUT2D eigenvalue weighted by Crippen LogP contribution is -2.32. The number of carbonyl (C=O) groups excluding carboxylic acids is 1. The summed E-state index contributed by atoms with van der Waals surface area (Å²) < 4.78 is 5.05. The lowest BCUT2D eigenvalue weighted by atomic mass is 9.75. The third kappa shape index (κ3) is 2.75. The number of allylic oxidation sites excluding steroid dienone is 2. The molecule has 0 aromatic carbocycles. The van der Waals surface area contributed by atoms with Gasteiger partial charge in [-0.25, -0.2) is 0 Å². The molecule has 3 nitrogen and oxygen atoms in total.